The van der Waals surface area contributed by atoms with Gasteiger partial charge in [0, 0.05) is 19.3 Å². The minimum absolute atomic E-state index is 0.102. The average molecular weight is 177 g/mol. The van der Waals surface area contributed by atoms with E-state index >= 15 is 0 Å². The Bertz CT molecular complexity index is 279. The van der Waals surface area contributed by atoms with Crippen molar-refractivity contribution < 1.29 is 4.74 Å². The number of para-hydroxylation sites is 1. The number of likely N-dealkylation sites (N-methyl/N-ethyl adjacent to an activating group) is 1. The molecular weight excluding hydrogens is 162 g/mol. The third-order valence-electron chi connectivity index (χ3n) is 2.41. The predicted molar refractivity (Wildman–Crippen MR) is 54.1 cm³/mol. The number of benzene rings is 1. The molecule has 0 aliphatic carbocycles. The molecule has 13 heavy (non-hydrogen) atoms. The molecule has 1 unspecified atom stereocenters. The standard InChI is InChI=1S/C11H15NO/c1-11(9-13-11)8-12(2)10-6-4-3-5-7-10/h3-7H,8-9H2,1-2H3. The largest absolute Gasteiger partial charge is 0.372 e. The van der Waals surface area contributed by atoms with Crippen molar-refractivity contribution in [3.05, 3.63) is 30.3 Å². The second kappa shape index (κ2) is 3.04. The van der Waals surface area contributed by atoms with Crippen molar-refractivity contribution in [3.8, 4) is 0 Å². The molecule has 2 rings (SSSR count). The zero-order chi connectivity index (χ0) is 9.31. The summed E-state index contributed by atoms with van der Waals surface area (Å²) in [6.45, 7) is 4.01. The summed E-state index contributed by atoms with van der Waals surface area (Å²) >= 11 is 0. The normalized spacial score (nSPS) is 25.7. The molecule has 1 aromatic rings. The summed E-state index contributed by atoms with van der Waals surface area (Å²) in [5.41, 5.74) is 1.35. The van der Waals surface area contributed by atoms with Crippen LogP contribution in [-0.4, -0.2) is 25.8 Å². The molecule has 1 aliphatic heterocycles. The molecule has 1 fully saturated rings. The van der Waals surface area contributed by atoms with E-state index in [0.717, 1.165) is 13.2 Å². The van der Waals surface area contributed by atoms with Gasteiger partial charge < -0.3 is 9.64 Å². The van der Waals surface area contributed by atoms with Crippen LogP contribution in [0.1, 0.15) is 6.92 Å². The van der Waals surface area contributed by atoms with Crippen LogP contribution in [0.2, 0.25) is 0 Å². The van der Waals surface area contributed by atoms with Gasteiger partial charge in [0.2, 0.25) is 0 Å². The van der Waals surface area contributed by atoms with E-state index in [1.807, 2.05) is 6.07 Å². The van der Waals surface area contributed by atoms with Crippen LogP contribution in [0, 0.1) is 0 Å². The maximum Gasteiger partial charge on any atom is 0.106 e. The first-order chi connectivity index (χ1) is 6.20. The van der Waals surface area contributed by atoms with E-state index in [2.05, 4.69) is 43.1 Å². The van der Waals surface area contributed by atoms with Crippen LogP contribution in [-0.2, 0) is 4.74 Å². The van der Waals surface area contributed by atoms with Gasteiger partial charge in [-0.3, -0.25) is 0 Å². The molecule has 0 N–H and O–H groups in total. The number of hydrogen-bond donors (Lipinski definition) is 0. The summed E-state index contributed by atoms with van der Waals surface area (Å²) in [6, 6.07) is 10.4. The fraction of sp³-hybridized carbons (Fsp3) is 0.455. The van der Waals surface area contributed by atoms with Gasteiger partial charge >= 0.3 is 0 Å². The van der Waals surface area contributed by atoms with Crippen molar-refractivity contribution in [1.82, 2.24) is 0 Å². The van der Waals surface area contributed by atoms with Gasteiger partial charge in [0.05, 0.1) is 6.61 Å². The summed E-state index contributed by atoms with van der Waals surface area (Å²) < 4.78 is 5.35. The zero-order valence-corrected chi connectivity index (χ0v) is 8.16. The molecule has 70 valence electrons. The van der Waals surface area contributed by atoms with Gasteiger partial charge in [0.15, 0.2) is 0 Å². The molecule has 0 saturated carbocycles. The molecular formula is C11H15NO. The molecule has 1 aliphatic rings. The average Bonchev–Trinajstić information content (AvgIpc) is 2.85. The third-order valence-corrected chi connectivity index (χ3v) is 2.41. The van der Waals surface area contributed by atoms with Crippen molar-refractivity contribution in [1.29, 1.82) is 0 Å². The summed E-state index contributed by atoms with van der Waals surface area (Å²) in [7, 11) is 2.10. The van der Waals surface area contributed by atoms with Crippen molar-refractivity contribution in [2.75, 3.05) is 25.1 Å². The lowest BCUT2D eigenvalue weighted by atomic mass is 10.2. The Kier molecular flexibility index (Phi) is 2.00. The van der Waals surface area contributed by atoms with Gasteiger partial charge in [0.25, 0.3) is 0 Å². The fourth-order valence-electron chi connectivity index (χ4n) is 1.49. The molecule has 1 atom stereocenters. The van der Waals surface area contributed by atoms with Gasteiger partial charge in [0.1, 0.15) is 5.60 Å². The Morgan fingerprint density at radius 3 is 2.54 bits per heavy atom. The maximum atomic E-state index is 5.35. The number of rotatable bonds is 3. The molecule has 1 heterocycles. The third kappa shape index (κ3) is 2.01. The Morgan fingerprint density at radius 1 is 1.38 bits per heavy atom. The van der Waals surface area contributed by atoms with Crippen LogP contribution in [0.3, 0.4) is 0 Å². The number of anilines is 1. The second-order valence-corrected chi connectivity index (χ2v) is 3.93. The van der Waals surface area contributed by atoms with Crippen molar-refractivity contribution in [2.45, 2.75) is 12.5 Å². The van der Waals surface area contributed by atoms with Crippen LogP contribution in [0.25, 0.3) is 0 Å². The first-order valence-corrected chi connectivity index (χ1v) is 4.60. The number of hydrogen-bond acceptors (Lipinski definition) is 2. The molecule has 0 radical (unpaired) electrons. The van der Waals surface area contributed by atoms with Gasteiger partial charge in [-0.15, -0.1) is 0 Å². The Labute approximate surface area is 79.1 Å². The smallest absolute Gasteiger partial charge is 0.106 e. The molecule has 1 saturated heterocycles. The van der Waals surface area contributed by atoms with Crippen LogP contribution in [0.15, 0.2) is 30.3 Å². The summed E-state index contributed by atoms with van der Waals surface area (Å²) in [6.07, 6.45) is 0. The van der Waals surface area contributed by atoms with Crippen LogP contribution in [0.4, 0.5) is 5.69 Å². The predicted octanol–water partition coefficient (Wildman–Crippen LogP) is 1.91. The van der Waals surface area contributed by atoms with E-state index in [0.29, 0.717) is 0 Å². The quantitative estimate of drug-likeness (QED) is 0.655. The van der Waals surface area contributed by atoms with E-state index in [9.17, 15) is 0 Å². The van der Waals surface area contributed by atoms with Crippen LogP contribution < -0.4 is 4.90 Å². The van der Waals surface area contributed by atoms with Gasteiger partial charge in [-0.1, -0.05) is 18.2 Å². The first-order valence-electron chi connectivity index (χ1n) is 4.60. The second-order valence-electron chi connectivity index (χ2n) is 3.93. The van der Waals surface area contributed by atoms with E-state index in [4.69, 9.17) is 4.74 Å². The highest BCUT2D eigenvalue weighted by Gasteiger charge is 2.40. The lowest BCUT2D eigenvalue weighted by molar-refractivity contribution is 0.327. The summed E-state index contributed by atoms with van der Waals surface area (Å²) in [4.78, 5) is 2.23. The molecule has 0 aromatic heterocycles. The SMILES string of the molecule is CN(CC1(C)CO1)c1ccccc1. The van der Waals surface area contributed by atoms with E-state index in [1.165, 1.54) is 5.69 Å². The monoisotopic (exact) mass is 177 g/mol. The lowest BCUT2D eigenvalue weighted by Crippen LogP contribution is -2.29. The number of epoxide rings is 1. The molecule has 2 heteroatoms. The molecule has 0 amide bonds. The maximum absolute atomic E-state index is 5.35. The highest BCUT2D eigenvalue weighted by molar-refractivity contribution is 5.45. The lowest BCUT2D eigenvalue weighted by Gasteiger charge is -2.21. The number of ether oxygens (including phenoxy) is 1. The number of nitrogens with zero attached hydrogens (tertiary/aromatic N) is 1. The Hall–Kier alpha value is -1.02. The van der Waals surface area contributed by atoms with Crippen LogP contribution >= 0.6 is 0 Å². The zero-order valence-electron chi connectivity index (χ0n) is 8.16. The van der Waals surface area contributed by atoms with Crippen LogP contribution in [0.5, 0.6) is 0 Å². The van der Waals surface area contributed by atoms with Gasteiger partial charge in [-0.05, 0) is 19.1 Å². The summed E-state index contributed by atoms with van der Waals surface area (Å²) in [5.74, 6) is 0. The summed E-state index contributed by atoms with van der Waals surface area (Å²) in [5, 5.41) is 0. The molecule has 0 spiro atoms. The topological polar surface area (TPSA) is 15.8 Å². The van der Waals surface area contributed by atoms with Crippen molar-refractivity contribution in [2.24, 2.45) is 0 Å². The molecule has 2 nitrogen and oxygen atoms in total. The molecule has 1 aromatic carbocycles. The van der Waals surface area contributed by atoms with E-state index in [-0.39, 0.29) is 5.60 Å². The van der Waals surface area contributed by atoms with Gasteiger partial charge in [-0.25, -0.2) is 0 Å². The molecule has 0 bridgehead atoms. The highest BCUT2D eigenvalue weighted by atomic mass is 16.6. The van der Waals surface area contributed by atoms with E-state index < -0.39 is 0 Å². The Morgan fingerprint density at radius 2 is 2.00 bits per heavy atom. The minimum Gasteiger partial charge on any atom is -0.372 e. The first kappa shape index (κ1) is 8.57. The van der Waals surface area contributed by atoms with Gasteiger partial charge in [-0.2, -0.15) is 0 Å². The van der Waals surface area contributed by atoms with E-state index in [1.54, 1.807) is 0 Å². The Balaban J connectivity index is 2.01. The minimum atomic E-state index is 0.102. The highest BCUT2D eigenvalue weighted by Crippen LogP contribution is 2.28. The fourth-order valence-corrected chi connectivity index (χ4v) is 1.49. The van der Waals surface area contributed by atoms with Crippen molar-refractivity contribution >= 4 is 5.69 Å². The van der Waals surface area contributed by atoms with Crippen molar-refractivity contribution in [3.63, 3.8) is 0 Å².